The van der Waals surface area contributed by atoms with Crippen LogP contribution < -0.4 is 5.32 Å². The Balaban J connectivity index is 2.57. The molecule has 0 saturated carbocycles. The van der Waals surface area contributed by atoms with Crippen molar-refractivity contribution in [2.75, 3.05) is 39.9 Å². The summed E-state index contributed by atoms with van der Waals surface area (Å²) in [6.07, 6.45) is 1.14. The Labute approximate surface area is 105 Å². The molecule has 1 rings (SSSR count). The normalized spacial score (nSPS) is 30.2. The zero-order chi connectivity index (χ0) is 12.9. The Hall–Kier alpha value is -0.160. The van der Waals surface area contributed by atoms with Crippen LogP contribution in [0.2, 0.25) is 0 Å². The number of nitrogens with one attached hydrogen (secondary N) is 1. The Kier molecular flexibility index (Phi) is 5.86. The first-order valence-corrected chi connectivity index (χ1v) is 6.65. The molecule has 4 nitrogen and oxygen atoms in total. The van der Waals surface area contributed by atoms with E-state index in [1.807, 2.05) is 7.05 Å². The van der Waals surface area contributed by atoms with E-state index in [0.717, 1.165) is 32.7 Å². The van der Waals surface area contributed by atoms with Crippen molar-refractivity contribution in [1.29, 1.82) is 0 Å². The Morgan fingerprint density at radius 1 is 1.53 bits per heavy atom. The van der Waals surface area contributed by atoms with Crippen molar-refractivity contribution < 1.29 is 9.84 Å². The first kappa shape index (κ1) is 14.9. The summed E-state index contributed by atoms with van der Waals surface area (Å²) in [4.78, 5) is 2.45. The summed E-state index contributed by atoms with van der Waals surface area (Å²) >= 11 is 0. The average Bonchev–Trinajstić information content (AvgIpc) is 2.32. The van der Waals surface area contributed by atoms with Crippen LogP contribution in [0, 0.1) is 5.41 Å². The molecular formula is C13H28N2O2. The van der Waals surface area contributed by atoms with Gasteiger partial charge in [-0.1, -0.05) is 13.8 Å². The fourth-order valence-electron chi connectivity index (χ4n) is 2.42. The third-order valence-electron chi connectivity index (χ3n) is 3.88. The van der Waals surface area contributed by atoms with Crippen molar-refractivity contribution in [2.45, 2.75) is 39.3 Å². The van der Waals surface area contributed by atoms with Crippen molar-refractivity contribution >= 4 is 0 Å². The van der Waals surface area contributed by atoms with Gasteiger partial charge in [0.1, 0.15) is 0 Å². The maximum absolute atomic E-state index is 9.19. The van der Waals surface area contributed by atoms with Gasteiger partial charge < -0.3 is 15.2 Å². The van der Waals surface area contributed by atoms with E-state index in [1.165, 1.54) is 0 Å². The summed E-state index contributed by atoms with van der Waals surface area (Å²) in [6.45, 7) is 10.5. The van der Waals surface area contributed by atoms with Gasteiger partial charge in [0, 0.05) is 25.7 Å². The van der Waals surface area contributed by atoms with Crippen molar-refractivity contribution in [3.63, 3.8) is 0 Å². The van der Waals surface area contributed by atoms with E-state index in [4.69, 9.17) is 4.74 Å². The summed E-state index contributed by atoms with van der Waals surface area (Å²) < 4.78 is 5.57. The molecule has 0 spiro atoms. The van der Waals surface area contributed by atoms with Crippen molar-refractivity contribution in [3.8, 4) is 0 Å². The number of ether oxygens (including phenoxy) is 1. The molecule has 1 aliphatic rings. The van der Waals surface area contributed by atoms with E-state index in [0.29, 0.717) is 11.5 Å². The summed E-state index contributed by atoms with van der Waals surface area (Å²) in [7, 11) is 2.01. The summed E-state index contributed by atoms with van der Waals surface area (Å²) in [5.74, 6) is 0. The molecule has 3 unspecified atom stereocenters. The van der Waals surface area contributed by atoms with E-state index in [-0.39, 0.29) is 12.7 Å². The second kappa shape index (κ2) is 6.69. The van der Waals surface area contributed by atoms with Gasteiger partial charge in [0.2, 0.25) is 0 Å². The number of hydrogen-bond acceptors (Lipinski definition) is 4. The predicted molar refractivity (Wildman–Crippen MR) is 70.2 cm³/mol. The highest BCUT2D eigenvalue weighted by Gasteiger charge is 2.31. The highest BCUT2D eigenvalue weighted by atomic mass is 16.5. The number of hydrogen-bond donors (Lipinski definition) is 2. The lowest BCUT2D eigenvalue weighted by Gasteiger charge is -2.42. The number of aliphatic hydroxyl groups excluding tert-OH is 1. The van der Waals surface area contributed by atoms with E-state index in [9.17, 15) is 5.11 Å². The molecule has 1 heterocycles. The van der Waals surface area contributed by atoms with Crippen LogP contribution in [0.1, 0.15) is 27.2 Å². The zero-order valence-corrected chi connectivity index (χ0v) is 11.7. The Morgan fingerprint density at radius 2 is 2.24 bits per heavy atom. The van der Waals surface area contributed by atoms with Gasteiger partial charge in [0.15, 0.2) is 0 Å². The van der Waals surface area contributed by atoms with Gasteiger partial charge in [-0.2, -0.15) is 0 Å². The smallest absolute Gasteiger partial charge is 0.0933 e. The van der Waals surface area contributed by atoms with Crippen LogP contribution in [0.5, 0.6) is 0 Å². The molecule has 3 atom stereocenters. The number of nitrogens with zero attached hydrogens (tertiary/aromatic N) is 1. The zero-order valence-electron chi connectivity index (χ0n) is 11.7. The molecule has 0 amide bonds. The van der Waals surface area contributed by atoms with Gasteiger partial charge in [0.25, 0.3) is 0 Å². The minimum absolute atomic E-state index is 0.0121. The predicted octanol–water partition coefficient (Wildman–Crippen LogP) is 0.704. The maximum atomic E-state index is 9.19. The van der Waals surface area contributed by atoms with E-state index >= 15 is 0 Å². The second-order valence-corrected chi connectivity index (χ2v) is 5.61. The molecule has 0 aromatic heterocycles. The minimum atomic E-state index is -0.0121. The molecule has 0 aromatic carbocycles. The molecule has 1 aliphatic heterocycles. The first-order chi connectivity index (χ1) is 8.04. The molecule has 17 heavy (non-hydrogen) atoms. The topological polar surface area (TPSA) is 44.7 Å². The largest absolute Gasteiger partial charge is 0.394 e. The van der Waals surface area contributed by atoms with Crippen molar-refractivity contribution in [2.24, 2.45) is 5.41 Å². The first-order valence-electron chi connectivity index (χ1n) is 6.65. The highest BCUT2D eigenvalue weighted by Crippen LogP contribution is 2.24. The Morgan fingerprint density at radius 3 is 2.76 bits per heavy atom. The van der Waals surface area contributed by atoms with Crippen molar-refractivity contribution in [1.82, 2.24) is 10.2 Å². The quantitative estimate of drug-likeness (QED) is 0.722. The summed E-state index contributed by atoms with van der Waals surface area (Å²) in [6, 6.07) is 0.445. The lowest BCUT2D eigenvalue weighted by atomic mass is 9.86. The van der Waals surface area contributed by atoms with Gasteiger partial charge >= 0.3 is 0 Å². The molecule has 0 radical (unpaired) electrons. The molecular weight excluding hydrogens is 216 g/mol. The minimum Gasteiger partial charge on any atom is -0.394 e. The molecule has 0 aromatic rings. The van der Waals surface area contributed by atoms with E-state index < -0.39 is 0 Å². The van der Waals surface area contributed by atoms with Gasteiger partial charge in [-0.25, -0.2) is 0 Å². The Bertz CT molecular complexity index is 225. The highest BCUT2D eigenvalue weighted by molar-refractivity contribution is 4.85. The molecule has 1 saturated heterocycles. The second-order valence-electron chi connectivity index (χ2n) is 5.61. The molecule has 0 bridgehead atoms. The maximum Gasteiger partial charge on any atom is 0.0933 e. The standard InChI is InChI=1S/C13H28N2O2/c1-5-13(3,9-14-4)10-15-6-12(7-16)17-8-11(15)2/h11-12,14,16H,5-10H2,1-4H3. The lowest BCUT2D eigenvalue weighted by Crippen LogP contribution is -2.53. The third kappa shape index (κ3) is 4.21. The van der Waals surface area contributed by atoms with Crippen LogP contribution in [0.15, 0.2) is 0 Å². The molecule has 2 N–H and O–H groups in total. The fourth-order valence-corrected chi connectivity index (χ4v) is 2.42. The summed E-state index contributed by atoms with van der Waals surface area (Å²) in [5, 5.41) is 12.5. The number of rotatable bonds is 6. The third-order valence-corrected chi connectivity index (χ3v) is 3.88. The molecule has 102 valence electrons. The van der Waals surface area contributed by atoms with Gasteiger partial charge in [0.05, 0.1) is 19.3 Å². The van der Waals surface area contributed by atoms with Crippen LogP contribution in [0.4, 0.5) is 0 Å². The van der Waals surface area contributed by atoms with Gasteiger partial charge in [-0.15, -0.1) is 0 Å². The SMILES string of the molecule is CCC(C)(CNC)CN1CC(CO)OCC1C. The number of aliphatic hydroxyl groups is 1. The van der Waals surface area contributed by atoms with Crippen LogP contribution >= 0.6 is 0 Å². The number of morpholine rings is 1. The van der Waals surface area contributed by atoms with Crippen molar-refractivity contribution in [3.05, 3.63) is 0 Å². The fraction of sp³-hybridized carbons (Fsp3) is 1.00. The summed E-state index contributed by atoms with van der Waals surface area (Å²) in [5.41, 5.74) is 0.292. The molecule has 1 fully saturated rings. The van der Waals surface area contributed by atoms with E-state index in [1.54, 1.807) is 0 Å². The average molecular weight is 244 g/mol. The van der Waals surface area contributed by atoms with Gasteiger partial charge in [-0.05, 0) is 25.8 Å². The molecule has 4 heteroatoms. The van der Waals surface area contributed by atoms with Crippen LogP contribution in [0.3, 0.4) is 0 Å². The van der Waals surface area contributed by atoms with Gasteiger partial charge in [-0.3, -0.25) is 4.90 Å². The lowest BCUT2D eigenvalue weighted by molar-refractivity contribution is -0.0870. The molecule has 0 aliphatic carbocycles. The van der Waals surface area contributed by atoms with E-state index in [2.05, 4.69) is 31.0 Å². The van der Waals surface area contributed by atoms with Crippen LogP contribution in [0.25, 0.3) is 0 Å². The van der Waals surface area contributed by atoms with Crippen LogP contribution in [-0.4, -0.2) is 62.0 Å². The van der Waals surface area contributed by atoms with Crippen LogP contribution in [-0.2, 0) is 4.74 Å². The monoisotopic (exact) mass is 244 g/mol.